The van der Waals surface area contributed by atoms with Crippen LogP contribution in [0.1, 0.15) is 19.4 Å². The van der Waals surface area contributed by atoms with Gasteiger partial charge in [0.1, 0.15) is 0 Å². The van der Waals surface area contributed by atoms with Gasteiger partial charge in [-0.25, -0.2) is 4.79 Å². The second-order valence-corrected chi connectivity index (χ2v) is 6.18. The molecule has 0 bridgehead atoms. The molecule has 1 fully saturated rings. The first-order chi connectivity index (χ1) is 8.58. The van der Waals surface area contributed by atoms with Crippen molar-refractivity contribution in [2.75, 3.05) is 12.3 Å². The summed E-state index contributed by atoms with van der Waals surface area (Å²) < 4.78 is 1.74. The van der Waals surface area contributed by atoms with Gasteiger partial charge in [0.25, 0.3) is 0 Å². The number of nitrogens with zero attached hydrogens (tertiary/aromatic N) is 3. The summed E-state index contributed by atoms with van der Waals surface area (Å²) in [6.07, 6.45) is 3.69. The molecule has 1 N–H and O–H groups in total. The Morgan fingerprint density at radius 3 is 3.06 bits per heavy atom. The first-order valence-corrected chi connectivity index (χ1v) is 7.26. The Hall–Kier alpha value is -1.17. The Labute approximate surface area is 112 Å². The van der Waals surface area contributed by atoms with Gasteiger partial charge in [0.15, 0.2) is 0 Å². The largest absolute Gasteiger partial charge is 0.334 e. The van der Waals surface area contributed by atoms with Crippen LogP contribution in [0.15, 0.2) is 12.4 Å². The van der Waals surface area contributed by atoms with E-state index < -0.39 is 0 Å². The van der Waals surface area contributed by atoms with Crippen LogP contribution in [0.25, 0.3) is 0 Å². The fraction of sp³-hybridized carbons (Fsp3) is 0.667. The van der Waals surface area contributed by atoms with Crippen LogP contribution in [0.3, 0.4) is 0 Å². The number of carbonyl (C=O) groups excluding carboxylic acids is 1. The molecule has 2 unspecified atom stereocenters. The zero-order valence-corrected chi connectivity index (χ0v) is 11.9. The number of thioether (sulfide) groups is 1. The van der Waals surface area contributed by atoms with Crippen LogP contribution >= 0.6 is 11.8 Å². The van der Waals surface area contributed by atoms with Gasteiger partial charge in [-0.15, -0.1) is 0 Å². The summed E-state index contributed by atoms with van der Waals surface area (Å²) in [6, 6.07) is 0.316. The first kappa shape index (κ1) is 13.3. The van der Waals surface area contributed by atoms with E-state index in [9.17, 15) is 4.79 Å². The summed E-state index contributed by atoms with van der Waals surface area (Å²) >= 11 is 1.93. The first-order valence-electron chi connectivity index (χ1n) is 6.21. The number of hydrogen-bond donors (Lipinski definition) is 1. The standard InChI is InChI=1S/C12H20N4OS/c1-9-10(2)18-5-4-16(9)12(17)13-6-11-7-14-15(3)8-11/h7-10H,4-6H2,1-3H3,(H,13,17). The van der Waals surface area contributed by atoms with Crippen molar-refractivity contribution in [2.45, 2.75) is 31.7 Å². The molecule has 0 spiro atoms. The monoisotopic (exact) mass is 268 g/mol. The summed E-state index contributed by atoms with van der Waals surface area (Å²) in [4.78, 5) is 14.0. The number of rotatable bonds is 2. The fourth-order valence-electron chi connectivity index (χ4n) is 2.06. The van der Waals surface area contributed by atoms with E-state index in [0.29, 0.717) is 11.8 Å². The maximum absolute atomic E-state index is 12.1. The van der Waals surface area contributed by atoms with Crippen LogP contribution in [-0.2, 0) is 13.6 Å². The molecule has 2 heterocycles. The molecule has 1 saturated heterocycles. The van der Waals surface area contributed by atoms with Gasteiger partial charge in [-0.1, -0.05) is 6.92 Å². The van der Waals surface area contributed by atoms with E-state index in [2.05, 4.69) is 24.3 Å². The zero-order valence-electron chi connectivity index (χ0n) is 11.1. The third kappa shape index (κ3) is 2.98. The molecule has 2 rings (SSSR count). The summed E-state index contributed by atoms with van der Waals surface area (Å²) in [5.41, 5.74) is 1.03. The Balaban J connectivity index is 1.87. The molecule has 1 aliphatic heterocycles. The SMILES string of the molecule is CC1SCCN(C(=O)NCc2cnn(C)c2)C1C. The summed E-state index contributed by atoms with van der Waals surface area (Å²) in [6.45, 7) is 5.66. The van der Waals surface area contributed by atoms with Crippen molar-refractivity contribution >= 4 is 17.8 Å². The third-order valence-corrected chi connectivity index (χ3v) is 4.68. The summed E-state index contributed by atoms with van der Waals surface area (Å²) in [5.74, 6) is 1.02. The lowest BCUT2D eigenvalue weighted by molar-refractivity contribution is 0.180. The lowest BCUT2D eigenvalue weighted by Gasteiger charge is -2.37. The second kappa shape index (κ2) is 5.65. The van der Waals surface area contributed by atoms with Gasteiger partial charge >= 0.3 is 6.03 Å². The van der Waals surface area contributed by atoms with Crippen molar-refractivity contribution in [3.63, 3.8) is 0 Å². The maximum Gasteiger partial charge on any atom is 0.317 e. The van der Waals surface area contributed by atoms with Crippen molar-refractivity contribution in [1.29, 1.82) is 0 Å². The lowest BCUT2D eigenvalue weighted by Crippen LogP contribution is -2.51. The predicted octanol–water partition coefficient (Wildman–Crippen LogP) is 1.46. The molecule has 100 valence electrons. The van der Waals surface area contributed by atoms with Gasteiger partial charge in [0, 0.05) is 48.9 Å². The molecule has 1 aliphatic rings. The second-order valence-electron chi connectivity index (χ2n) is 4.69. The van der Waals surface area contributed by atoms with Crippen molar-refractivity contribution in [3.05, 3.63) is 18.0 Å². The van der Waals surface area contributed by atoms with Crippen LogP contribution < -0.4 is 5.32 Å². The average molecular weight is 268 g/mol. The van der Waals surface area contributed by atoms with E-state index >= 15 is 0 Å². The molecule has 2 amide bonds. The fourth-order valence-corrected chi connectivity index (χ4v) is 3.16. The number of nitrogens with one attached hydrogen (secondary N) is 1. The smallest absolute Gasteiger partial charge is 0.317 e. The van der Waals surface area contributed by atoms with Crippen molar-refractivity contribution in [1.82, 2.24) is 20.0 Å². The van der Waals surface area contributed by atoms with Gasteiger partial charge in [0.05, 0.1) is 6.20 Å². The van der Waals surface area contributed by atoms with E-state index in [1.165, 1.54) is 0 Å². The molecule has 5 nitrogen and oxygen atoms in total. The number of carbonyl (C=O) groups is 1. The minimum Gasteiger partial charge on any atom is -0.334 e. The molecule has 0 aliphatic carbocycles. The Bertz CT molecular complexity index is 420. The van der Waals surface area contributed by atoms with Gasteiger partial charge in [-0.05, 0) is 6.92 Å². The summed E-state index contributed by atoms with van der Waals surface area (Å²) in [5, 5.41) is 7.54. The highest BCUT2D eigenvalue weighted by atomic mass is 32.2. The molecule has 1 aromatic heterocycles. The number of aromatic nitrogens is 2. The minimum atomic E-state index is 0.0264. The minimum absolute atomic E-state index is 0.0264. The van der Waals surface area contributed by atoms with Gasteiger partial charge in [-0.2, -0.15) is 16.9 Å². The zero-order chi connectivity index (χ0) is 13.1. The molecule has 0 aromatic carbocycles. The third-order valence-electron chi connectivity index (χ3n) is 3.35. The normalized spacial score (nSPS) is 24.1. The van der Waals surface area contributed by atoms with Crippen LogP contribution in [-0.4, -0.2) is 44.3 Å². The number of urea groups is 1. The van der Waals surface area contributed by atoms with Crippen LogP contribution in [0.2, 0.25) is 0 Å². The Morgan fingerprint density at radius 2 is 2.39 bits per heavy atom. The van der Waals surface area contributed by atoms with E-state index in [0.717, 1.165) is 17.9 Å². The molecule has 18 heavy (non-hydrogen) atoms. The van der Waals surface area contributed by atoms with Crippen LogP contribution in [0, 0.1) is 0 Å². The average Bonchev–Trinajstić information content (AvgIpc) is 2.76. The van der Waals surface area contributed by atoms with Crippen LogP contribution in [0.4, 0.5) is 4.79 Å². The maximum atomic E-state index is 12.1. The predicted molar refractivity (Wildman–Crippen MR) is 73.5 cm³/mol. The molecular formula is C12H20N4OS. The van der Waals surface area contributed by atoms with E-state index in [4.69, 9.17) is 0 Å². The number of amides is 2. The highest BCUT2D eigenvalue weighted by molar-refractivity contribution is 8.00. The molecule has 2 atom stereocenters. The quantitative estimate of drug-likeness (QED) is 0.883. The molecule has 0 saturated carbocycles. The topological polar surface area (TPSA) is 50.2 Å². The molecule has 1 aromatic rings. The Morgan fingerprint density at radius 1 is 1.61 bits per heavy atom. The van der Waals surface area contributed by atoms with Gasteiger partial charge in [0.2, 0.25) is 0 Å². The lowest BCUT2D eigenvalue weighted by atomic mass is 10.2. The van der Waals surface area contributed by atoms with Crippen LogP contribution in [0.5, 0.6) is 0 Å². The molecular weight excluding hydrogens is 248 g/mol. The van der Waals surface area contributed by atoms with Gasteiger partial charge in [-0.3, -0.25) is 4.68 Å². The molecule has 0 radical (unpaired) electrons. The van der Waals surface area contributed by atoms with Crippen molar-refractivity contribution < 1.29 is 4.79 Å². The van der Waals surface area contributed by atoms with Crippen molar-refractivity contribution in [3.8, 4) is 0 Å². The molecule has 6 heteroatoms. The highest BCUT2D eigenvalue weighted by Crippen LogP contribution is 2.24. The summed E-state index contributed by atoms with van der Waals surface area (Å²) in [7, 11) is 1.87. The van der Waals surface area contributed by atoms with E-state index in [1.807, 2.05) is 29.9 Å². The number of hydrogen-bond acceptors (Lipinski definition) is 3. The van der Waals surface area contributed by atoms with E-state index in [-0.39, 0.29) is 12.1 Å². The van der Waals surface area contributed by atoms with E-state index in [1.54, 1.807) is 10.9 Å². The van der Waals surface area contributed by atoms with Gasteiger partial charge < -0.3 is 10.2 Å². The number of aryl methyl sites for hydroxylation is 1. The van der Waals surface area contributed by atoms with Crippen molar-refractivity contribution in [2.24, 2.45) is 7.05 Å². The Kier molecular flexibility index (Phi) is 4.16. The highest BCUT2D eigenvalue weighted by Gasteiger charge is 2.28.